The molecule has 74 valence electrons. The van der Waals surface area contributed by atoms with Crippen molar-refractivity contribution in [2.75, 3.05) is 0 Å². The van der Waals surface area contributed by atoms with Crippen molar-refractivity contribution in [2.24, 2.45) is 5.41 Å². The van der Waals surface area contributed by atoms with Gasteiger partial charge in [-0.15, -0.1) is 0 Å². The number of benzene rings is 1. The molecule has 0 nitrogen and oxygen atoms in total. The van der Waals surface area contributed by atoms with Crippen LogP contribution in [0.4, 0.5) is 0 Å². The Hall–Kier alpha value is -1.04. The first-order valence-corrected chi connectivity index (χ1v) is 5.34. The van der Waals surface area contributed by atoms with Gasteiger partial charge in [0, 0.05) is 5.41 Å². The molecule has 0 spiro atoms. The minimum atomic E-state index is 0.229. The quantitative estimate of drug-likeness (QED) is 0.632. The highest BCUT2D eigenvalue weighted by atomic mass is 14.2. The molecule has 0 heterocycles. The standard InChI is InChI=1S/C14H18/c1-10(2)12-7-5-6-11-8-14(3,4)9-13(11)12/h5-10H,1-4H3. The fourth-order valence-electron chi connectivity index (χ4n) is 2.21. The largest absolute Gasteiger partial charge is 0.0672 e. The Kier molecular flexibility index (Phi) is 2.02. The second kappa shape index (κ2) is 2.98. The van der Waals surface area contributed by atoms with Gasteiger partial charge in [-0.2, -0.15) is 0 Å². The summed E-state index contributed by atoms with van der Waals surface area (Å²) in [6.07, 6.45) is 4.74. The summed E-state index contributed by atoms with van der Waals surface area (Å²) in [5.41, 5.74) is 1.71. The second-order valence-corrected chi connectivity index (χ2v) is 5.11. The predicted octanol–water partition coefficient (Wildman–Crippen LogP) is 2.41. The maximum absolute atomic E-state index is 2.39. The Morgan fingerprint density at radius 3 is 2.43 bits per heavy atom. The van der Waals surface area contributed by atoms with E-state index in [9.17, 15) is 0 Å². The molecule has 0 aliphatic heterocycles. The van der Waals surface area contributed by atoms with Crippen molar-refractivity contribution < 1.29 is 0 Å². The van der Waals surface area contributed by atoms with E-state index in [4.69, 9.17) is 0 Å². The summed E-state index contributed by atoms with van der Waals surface area (Å²) in [5, 5.41) is 2.86. The van der Waals surface area contributed by atoms with Crippen LogP contribution in [0.2, 0.25) is 0 Å². The lowest BCUT2D eigenvalue weighted by Gasteiger charge is -2.09. The van der Waals surface area contributed by atoms with E-state index in [1.54, 1.807) is 0 Å². The molecule has 0 radical (unpaired) electrons. The third kappa shape index (κ3) is 1.50. The van der Waals surface area contributed by atoms with E-state index in [0.717, 1.165) is 0 Å². The van der Waals surface area contributed by atoms with Crippen LogP contribution in [0.5, 0.6) is 0 Å². The molecule has 14 heavy (non-hydrogen) atoms. The zero-order chi connectivity index (χ0) is 10.3. The fraction of sp³-hybridized carbons (Fsp3) is 0.429. The first-order chi connectivity index (χ1) is 6.49. The molecule has 0 fully saturated rings. The smallest absolute Gasteiger partial charge is 0.00229 e. The van der Waals surface area contributed by atoms with E-state index in [2.05, 4.69) is 58.0 Å². The molecule has 0 unspecified atom stereocenters. The van der Waals surface area contributed by atoms with Crippen molar-refractivity contribution in [1.29, 1.82) is 0 Å². The number of rotatable bonds is 1. The van der Waals surface area contributed by atoms with E-state index < -0.39 is 0 Å². The van der Waals surface area contributed by atoms with Crippen molar-refractivity contribution in [3.63, 3.8) is 0 Å². The van der Waals surface area contributed by atoms with Crippen LogP contribution in [0.25, 0.3) is 12.2 Å². The molecule has 0 amide bonds. The SMILES string of the molecule is CC(C)c1cccc2c1=CC(C)(C)C=2. The van der Waals surface area contributed by atoms with Gasteiger partial charge in [-0.3, -0.25) is 0 Å². The number of hydrogen-bond donors (Lipinski definition) is 0. The van der Waals surface area contributed by atoms with Crippen molar-refractivity contribution >= 4 is 12.2 Å². The van der Waals surface area contributed by atoms with Crippen LogP contribution in [0.1, 0.15) is 39.2 Å². The Bertz CT molecular complexity index is 461. The maximum Gasteiger partial charge on any atom is 0.00229 e. The molecule has 0 aromatic heterocycles. The van der Waals surface area contributed by atoms with Gasteiger partial charge in [0.1, 0.15) is 0 Å². The summed E-state index contributed by atoms with van der Waals surface area (Å²) in [6.45, 7) is 9.04. The van der Waals surface area contributed by atoms with Gasteiger partial charge in [-0.05, 0) is 21.9 Å². The summed E-state index contributed by atoms with van der Waals surface area (Å²) in [7, 11) is 0. The van der Waals surface area contributed by atoms with Crippen LogP contribution in [-0.4, -0.2) is 0 Å². The summed E-state index contributed by atoms with van der Waals surface area (Å²) >= 11 is 0. The molecule has 1 aliphatic carbocycles. The number of hydrogen-bond acceptors (Lipinski definition) is 0. The zero-order valence-corrected chi connectivity index (χ0v) is 9.46. The van der Waals surface area contributed by atoms with Crippen LogP contribution in [0.3, 0.4) is 0 Å². The van der Waals surface area contributed by atoms with E-state index in [-0.39, 0.29) is 5.41 Å². The summed E-state index contributed by atoms with van der Waals surface area (Å²) < 4.78 is 0. The average Bonchev–Trinajstić information content (AvgIpc) is 2.36. The van der Waals surface area contributed by atoms with Crippen molar-refractivity contribution in [2.45, 2.75) is 33.6 Å². The highest BCUT2D eigenvalue weighted by molar-refractivity contribution is 5.57. The van der Waals surface area contributed by atoms with Crippen LogP contribution >= 0.6 is 0 Å². The minimum absolute atomic E-state index is 0.229. The summed E-state index contributed by atoms with van der Waals surface area (Å²) in [4.78, 5) is 0. The van der Waals surface area contributed by atoms with Gasteiger partial charge < -0.3 is 0 Å². The summed E-state index contributed by atoms with van der Waals surface area (Å²) in [6, 6.07) is 6.63. The Labute approximate surface area is 86.0 Å². The molecule has 1 aliphatic rings. The topological polar surface area (TPSA) is 0 Å². The zero-order valence-electron chi connectivity index (χ0n) is 9.46. The molecular formula is C14H18. The Balaban J connectivity index is 2.76. The maximum atomic E-state index is 2.39. The lowest BCUT2D eigenvalue weighted by molar-refractivity contribution is 0.723. The lowest BCUT2D eigenvalue weighted by Crippen LogP contribution is -2.25. The van der Waals surface area contributed by atoms with Gasteiger partial charge in [0.05, 0.1) is 0 Å². The van der Waals surface area contributed by atoms with Gasteiger partial charge in [0.2, 0.25) is 0 Å². The predicted molar refractivity (Wildman–Crippen MR) is 62.5 cm³/mol. The van der Waals surface area contributed by atoms with E-state index in [0.29, 0.717) is 5.92 Å². The molecule has 0 atom stereocenters. The second-order valence-electron chi connectivity index (χ2n) is 5.11. The lowest BCUT2D eigenvalue weighted by atomic mass is 9.95. The monoisotopic (exact) mass is 186 g/mol. The molecular weight excluding hydrogens is 168 g/mol. The molecule has 0 heteroatoms. The molecule has 0 saturated heterocycles. The highest BCUT2D eigenvalue weighted by Gasteiger charge is 2.16. The fourth-order valence-corrected chi connectivity index (χ4v) is 2.21. The number of fused-ring (bicyclic) bond motifs is 1. The van der Waals surface area contributed by atoms with Gasteiger partial charge in [-0.25, -0.2) is 0 Å². The molecule has 0 N–H and O–H groups in total. The Morgan fingerprint density at radius 2 is 1.79 bits per heavy atom. The Morgan fingerprint density at radius 1 is 1.07 bits per heavy atom. The summed E-state index contributed by atoms with van der Waals surface area (Å²) in [5.74, 6) is 0.614. The van der Waals surface area contributed by atoms with Crippen LogP contribution in [-0.2, 0) is 0 Å². The first-order valence-electron chi connectivity index (χ1n) is 5.34. The average molecular weight is 186 g/mol. The molecule has 0 saturated carbocycles. The van der Waals surface area contributed by atoms with Crippen molar-refractivity contribution in [3.05, 3.63) is 34.2 Å². The van der Waals surface area contributed by atoms with Crippen LogP contribution in [0, 0.1) is 5.41 Å². The van der Waals surface area contributed by atoms with E-state index in [1.165, 1.54) is 16.0 Å². The van der Waals surface area contributed by atoms with Gasteiger partial charge in [0.15, 0.2) is 0 Å². The van der Waals surface area contributed by atoms with Gasteiger partial charge in [-0.1, -0.05) is 58.0 Å². The molecule has 0 bridgehead atoms. The van der Waals surface area contributed by atoms with Gasteiger partial charge >= 0.3 is 0 Å². The first kappa shape index (κ1) is 9.51. The van der Waals surface area contributed by atoms with E-state index in [1.807, 2.05) is 0 Å². The van der Waals surface area contributed by atoms with E-state index >= 15 is 0 Å². The molecule has 1 aromatic rings. The highest BCUT2D eigenvalue weighted by Crippen LogP contribution is 2.22. The normalized spacial score (nSPS) is 17.5. The third-order valence-electron chi connectivity index (χ3n) is 2.84. The van der Waals surface area contributed by atoms with Crippen LogP contribution < -0.4 is 10.4 Å². The van der Waals surface area contributed by atoms with Crippen molar-refractivity contribution in [3.8, 4) is 0 Å². The van der Waals surface area contributed by atoms with Gasteiger partial charge in [0.25, 0.3) is 0 Å². The molecule has 1 aromatic carbocycles. The minimum Gasteiger partial charge on any atom is -0.0672 e. The van der Waals surface area contributed by atoms with Crippen molar-refractivity contribution in [1.82, 2.24) is 0 Å². The third-order valence-corrected chi connectivity index (χ3v) is 2.84. The van der Waals surface area contributed by atoms with Crippen LogP contribution in [0.15, 0.2) is 18.2 Å². The molecule has 2 rings (SSSR count).